The SMILES string of the molecule is Cn1cc(C2CCC(N3C[C@H](C(=O)O)OC[C@@H]3Cc3ccc(Cl)cc3)CC2)nn1. The van der Waals surface area contributed by atoms with Gasteiger partial charge in [-0.15, -0.1) is 5.10 Å². The number of morpholine rings is 1. The van der Waals surface area contributed by atoms with Crippen molar-refractivity contribution in [2.45, 2.75) is 56.2 Å². The highest BCUT2D eigenvalue weighted by molar-refractivity contribution is 6.30. The second-order valence-electron chi connectivity index (χ2n) is 8.16. The maximum atomic E-state index is 11.5. The molecule has 2 heterocycles. The van der Waals surface area contributed by atoms with Crippen molar-refractivity contribution in [1.82, 2.24) is 19.9 Å². The van der Waals surface area contributed by atoms with E-state index in [4.69, 9.17) is 16.3 Å². The Hall–Kier alpha value is -1.96. The van der Waals surface area contributed by atoms with E-state index in [0.29, 0.717) is 25.1 Å². The summed E-state index contributed by atoms with van der Waals surface area (Å²) in [4.78, 5) is 13.9. The van der Waals surface area contributed by atoms with Gasteiger partial charge in [0.15, 0.2) is 6.10 Å². The lowest BCUT2D eigenvalue weighted by Gasteiger charge is -2.45. The fourth-order valence-corrected chi connectivity index (χ4v) is 4.76. The van der Waals surface area contributed by atoms with E-state index in [0.717, 1.165) is 42.8 Å². The number of aromatic nitrogens is 3. The number of hydrogen-bond acceptors (Lipinski definition) is 5. The Morgan fingerprint density at radius 2 is 1.97 bits per heavy atom. The quantitative estimate of drug-likeness (QED) is 0.804. The Kier molecular flexibility index (Phi) is 6.18. The summed E-state index contributed by atoms with van der Waals surface area (Å²) in [6, 6.07) is 8.41. The van der Waals surface area contributed by atoms with Gasteiger partial charge in [-0.3, -0.25) is 9.58 Å². The number of benzene rings is 1. The monoisotopic (exact) mass is 418 g/mol. The lowest BCUT2D eigenvalue weighted by molar-refractivity contribution is -0.162. The largest absolute Gasteiger partial charge is 0.479 e. The number of aryl methyl sites for hydroxylation is 1. The third-order valence-corrected chi connectivity index (χ3v) is 6.45. The lowest BCUT2D eigenvalue weighted by Crippen LogP contribution is -2.57. The van der Waals surface area contributed by atoms with E-state index in [-0.39, 0.29) is 6.04 Å². The van der Waals surface area contributed by atoms with Crippen molar-refractivity contribution in [3.63, 3.8) is 0 Å². The molecule has 0 radical (unpaired) electrons. The summed E-state index contributed by atoms with van der Waals surface area (Å²) < 4.78 is 7.43. The van der Waals surface area contributed by atoms with Crippen LogP contribution in [0.1, 0.15) is 42.9 Å². The Morgan fingerprint density at radius 1 is 1.24 bits per heavy atom. The molecule has 0 amide bonds. The highest BCUT2D eigenvalue weighted by Crippen LogP contribution is 2.35. The number of nitrogens with zero attached hydrogens (tertiary/aromatic N) is 4. The molecule has 7 nitrogen and oxygen atoms in total. The van der Waals surface area contributed by atoms with Gasteiger partial charge in [0, 0.05) is 42.8 Å². The number of rotatable bonds is 5. The molecule has 2 atom stereocenters. The number of carboxylic acid groups (broad SMARTS) is 1. The molecular weight excluding hydrogens is 392 g/mol. The van der Waals surface area contributed by atoms with Gasteiger partial charge in [0.25, 0.3) is 0 Å². The third kappa shape index (κ3) is 4.79. The van der Waals surface area contributed by atoms with Crippen LogP contribution in [0.15, 0.2) is 30.5 Å². The summed E-state index contributed by atoms with van der Waals surface area (Å²) in [5.41, 5.74) is 2.25. The molecule has 1 aromatic heterocycles. The summed E-state index contributed by atoms with van der Waals surface area (Å²) in [6.45, 7) is 0.873. The van der Waals surface area contributed by atoms with E-state index in [1.165, 1.54) is 5.56 Å². The molecule has 29 heavy (non-hydrogen) atoms. The van der Waals surface area contributed by atoms with Gasteiger partial charge in [0.1, 0.15) is 0 Å². The van der Waals surface area contributed by atoms with Crippen molar-refractivity contribution >= 4 is 17.6 Å². The second-order valence-corrected chi connectivity index (χ2v) is 8.60. The first-order valence-electron chi connectivity index (χ1n) is 10.2. The van der Waals surface area contributed by atoms with Crippen LogP contribution in [-0.4, -0.2) is 62.3 Å². The van der Waals surface area contributed by atoms with E-state index in [2.05, 4.69) is 15.2 Å². The highest BCUT2D eigenvalue weighted by atomic mass is 35.5. The normalized spacial score (nSPS) is 28.3. The van der Waals surface area contributed by atoms with E-state index < -0.39 is 12.1 Å². The Labute approximate surface area is 175 Å². The molecule has 1 N–H and O–H groups in total. The first-order valence-corrected chi connectivity index (χ1v) is 10.6. The minimum atomic E-state index is -0.881. The van der Waals surface area contributed by atoms with Crippen LogP contribution in [-0.2, 0) is 23.0 Å². The molecule has 4 rings (SSSR count). The number of hydrogen-bond donors (Lipinski definition) is 1. The van der Waals surface area contributed by atoms with Crippen molar-refractivity contribution in [2.75, 3.05) is 13.2 Å². The van der Waals surface area contributed by atoms with Gasteiger partial charge in [-0.1, -0.05) is 28.9 Å². The van der Waals surface area contributed by atoms with Gasteiger partial charge in [-0.05, 0) is 49.8 Å². The molecule has 0 unspecified atom stereocenters. The van der Waals surface area contributed by atoms with Crippen LogP contribution >= 0.6 is 11.6 Å². The van der Waals surface area contributed by atoms with Crippen LogP contribution in [0, 0.1) is 0 Å². The van der Waals surface area contributed by atoms with Gasteiger partial charge < -0.3 is 9.84 Å². The van der Waals surface area contributed by atoms with Crippen LogP contribution in [0.3, 0.4) is 0 Å². The summed E-state index contributed by atoms with van der Waals surface area (Å²) in [7, 11) is 1.89. The molecule has 1 saturated heterocycles. The van der Waals surface area contributed by atoms with Gasteiger partial charge >= 0.3 is 5.97 Å². The Balaban J connectivity index is 1.44. The molecule has 156 valence electrons. The molecule has 1 aromatic carbocycles. The third-order valence-electron chi connectivity index (χ3n) is 6.20. The molecule has 2 aromatic rings. The fraction of sp³-hybridized carbons (Fsp3) is 0.571. The van der Waals surface area contributed by atoms with Crippen LogP contribution in [0.5, 0.6) is 0 Å². The van der Waals surface area contributed by atoms with E-state index in [9.17, 15) is 9.90 Å². The topological polar surface area (TPSA) is 80.5 Å². The Morgan fingerprint density at radius 3 is 2.59 bits per heavy atom. The number of carbonyl (C=O) groups is 1. The predicted molar refractivity (Wildman–Crippen MR) is 109 cm³/mol. The minimum Gasteiger partial charge on any atom is -0.479 e. The van der Waals surface area contributed by atoms with Crippen molar-refractivity contribution < 1.29 is 14.6 Å². The van der Waals surface area contributed by atoms with E-state index >= 15 is 0 Å². The average molecular weight is 419 g/mol. The minimum absolute atomic E-state index is 0.171. The van der Waals surface area contributed by atoms with Crippen molar-refractivity contribution in [3.8, 4) is 0 Å². The van der Waals surface area contributed by atoms with Gasteiger partial charge in [-0.25, -0.2) is 4.79 Å². The van der Waals surface area contributed by atoms with Gasteiger partial charge in [0.05, 0.1) is 12.3 Å². The summed E-state index contributed by atoms with van der Waals surface area (Å²) in [6.07, 6.45) is 6.24. The van der Waals surface area contributed by atoms with Gasteiger partial charge in [-0.2, -0.15) is 0 Å². The summed E-state index contributed by atoms with van der Waals surface area (Å²) in [5.74, 6) is -0.445. The van der Waals surface area contributed by atoms with Crippen LogP contribution in [0.2, 0.25) is 5.02 Å². The number of halogens is 1. The van der Waals surface area contributed by atoms with Crippen molar-refractivity contribution in [1.29, 1.82) is 0 Å². The molecule has 1 aliphatic carbocycles. The van der Waals surface area contributed by atoms with Crippen LogP contribution in [0.25, 0.3) is 0 Å². The maximum absolute atomic E-state index is 11.5. The Bertz CT molecular complexity index is 833. The first kappa shape index (κ1) is 20.3. The number of carboxylic acids is 1. The van der Waals surface area contributed by atoms with E-state index in [1.807, 2.05) is 37.5 Å². The molecule has 2 aliphatic rings. The zero-order valence-corrected chi connectivity index (χ0v) is 17.3. The molecule has 0 bridgehead atoms. The van der Waals surface area contributed by atoms with Crippen LogP contribution in [0.4, 0.5) is 0 Å². The van der Waals surface area contributed by atoms with Crippen LogP contribution < -0.4 is 0 Å². The number of aliphatic carboxylic acids is 1. The van der Waals surface area contributed by atoms with Gasteiger partial charge in [0.2, 0.25) is 0 Å². The molecule has 1 saturated carbocycles. The molecule has 2 fully saturated rings. The lowest BCUT2D eigenvalue weighted by atomic mass is 9.82. The molecule has 0 spiro atoms. The molecular formula is C21H27ClN4O3. The summed E-state index contributed by atoms with van der Waals surface area (Å²) >= 11 is 6.01. The predicted octanol–water partition coefficient (Wildman–Crippen LogP) is 2.89. The maximum Gasteiger partial charge on any atom is 0.334 e. The highest BCUT2D eigenvalue weighted by Gasteiger charge is 2.38. The van der Waals surface area contributed by atoms with Crippen molar-refractivity contribution in [3.05, 3.63) is 46.7 Å². The standard InChI is InChI=1S/C21H27ClN4O3/c1-25-11-19(23-24-25)15-4-8-17(9-5-15)26-12-20(21(27)28)29-13-18(26)10-14-2-6-16(22)7-3-14/h2-3,6-7,11,15,17-18,20H,4-5,8-10,12-13H2,1H3,(H,27,28)/t15?,17?,18-,20+/m0/s1. The van der Waals surface area contributed by atoms with E-state index in [1.54, 1.807) is 4.68 Å². The fourth-order valence-electron chi connectivity index (χ4n) is 4.64. The average Bonchev–Trinajstić information content (AvgIpc) is 3.16. The number of ether oxygens (including phenoxy) is 1. The smallest absolute Gasteiger partial charge is 0.334 e. The summed E-state index contributed by atoms with van der Waals surface area (Å²) in [5, 5.41) is 18.5. The molecule has 1 aliphatic heterocycles. The first-order chi connectivity index (χ1) is 14.0. The second kappa shape index (κ2) is 8.81. The zero-order chi connectivity index (χ0) is 20.4. The zero-order valence-electron chi connectivity index (χ0n) is 16.6. The van der Waals surface area contributed by atoms with Crippen molar-refractivity contribution in [2.24, 2.45) is 7.05 Å². The molecule has 8 heteroatoms.